The van der Waals surface area contributed by atoms with E-state index in [0.29, 0.717) is 37.0 Å². The van der Waals surface area contributed by atoms with Crippen LogP contribution in [-0.4, -0.2) is 47.0 Å². The smallest absolute Gasteiger partial charge is 0.239 e. The standard InChI is InChI=1S/C22H22N4O4/c1-25-16-7-3-2-6-15(16)22(21(25)28)11-5-12-26(14-22)19(27)10-9-18-23-20(24-30-18)17-8-4-13-29-17/h2-4,6-8,13H,5,9-12,14H2,1H3. The fraction of sp³-hybridized carbons (Fsp3) is 0.364. The van der Waals surface area contributed by atoms with Gasteiger partial charge in [-0.3, -0.25) is 9.59 Å². The van der Waals surface area contributed by atoms with Gasteiger partial charge >= 0.3 is 0 Å². The molecule has 154 valence electrons. The number of carbonyl (C=O) groups is 2. The van der Waals surface area contributed by atoms with E-state index in [-0.39, 0.29) is 18.2 Å². The molecule has 0 aliphatic carbocycles. The van der Waals surface area contributed by atoms with Crippen LogP contribution >= 0.6 is 0 Å². The quantitative estimate of drug-likeness (QED) is 0.662. The van der Waals surface area contributed by atoms with Crippen LogP contribution in [0.1, 0.15) is 30.7 Å². The summed E-state index contributed by atoms with van der Waals surface area (Å²) in [4.78, 5) is 33.9. The minimum Gasteiger partial charge on any atom is -0.461 e. The lowest BCUT2D eigenvalue weighted by molar-refractivity contribution is -0.136. The monoisotopic (exact) mass is 406 g/mol. The molecule has 0 bridgehead atoms. The van der Waals surface area contributed by atoms with E-state index < -0.39 is 5.41 Å². The first kappa shape index (κ1) is 18.6. The van der Waals surface area contributed by atoms with Gasteiger partial charge < -0.3 is 18.7 Å². The maximum Gasteiger partial charge on any atom is 0.239 e. The lowest BCUT2D eigenvalue weighted by Crippen LogP contribution is -2.53. The fourth-order valence-corrected chi connectivity index (χ4v) is 4.61. The Morgan fingerprint density at radius 3 is 2.93 bits per heavy atom. The fourth-order valence-electron chi connectivity index (χ4n) is 4.61. The van der Waals surface area contributed by atoms with E-state index in [1.165, 1.54) is 0 Å². The van der Waals surface area contributed by atoms with Gasteiger partial charge in [0.25, 0.3) is 0 Å². The molecule has 5 rings (SSSR count). The second-order valence-electron chi connectivity index (χ2n) is 7.87. The first-order valence-electron chi connectivity index (χ1n) is 10.1. The van der Waals surface area contributed by atoms with Gasteiger partial charge in [-0.25, -0.2) is 0 Å². The third kappa shape index (κ3) is 2.91. The number of rotatable bonds is 4. The van der Waals surface area contributed by atoms with Gasteiger partial charge in [0.1, 0.15) is 0 Å². The van der Waals surface area contributed by atoms with Gasteiger partial charge in [-0.05, 0) is 36.6 Å². The second kappa shape index (κ2) is 7.12. The van der Waals surface area contributed by atoms with Gasteiger partial charge in [-0.15, -0.1) is 0 Å². The van der Waals surface area contributed by atoms with Crippen LogP contribution in [0.4, 0.5) is 5.69 Å². The molecule has 1 fully saturated rings. The number of aryl methyl sites for hydroxylation is 1. The molecule has 1 saturated heterocycles. The van der Waals surface area contributed by atoms with Crippen molar-refractivity contribution in [1.82, 2.24) is 15.0 Å². The molecule has 4 heterocycles. The summed E-state index contributed by atoms with van der Waals surface area (Å²) in [5.74, 6) is 1.35. The number of hydrogen-bond acceptors (Lipinski definition) is 6. The third-order valence-electron chi connectivity index (χ3n) is 6.10. The number of para-hydroxylation sites is 1. The summed E-state index contributed by atoms with van der Waals surface area (Å²) >= 11 is 0. The van der Waals surface area contributed by atoms with Crippen molar-refractivity contribution in [2.75, 3.05) is 25.0 Å². The molecule has 8 nitrogen and oxygen atoms in total. The SMILES string of the molecule is CN1C(=O)C2(CCCN(C(=O)CCc3nc(-c4ccco4)no3)C2)c2ccccc21. The van der Waals surface area contributed by atoms with Crippen LogP contribution in [0.25, 0.3) is 11.6 Å². The summed E-state index contributed by atoms with van der Waals surface area (Å²) in [5.41, 5.74) is 1.32. The van der Waals surface area contributed by atoms with Crippen LogP contribution in [-0.2, 0) is 21.4 Å². The molecule has 2 aromatic heterocycles. The molecular weight excluding hydrogens is 384 g/mol. The van der Waals surface area contributed by atoms with Gasteiger partial charge in [-0.1, -0.05) is 23.4 Å². The summed E-state index contributed by atoms with van der Waals surface area (Å²) in [5, 5.41) is 3.90. The highest BCUT2D eigenvalue weighted by atomic mass is 16.5. The zero-order chi connectivity index (χ0) is 20.7. The average Bonchev–Trinajstić information content (AvgIpc) is 3.51. The number of amides is 2. The minimum absolute atomic E-state index is 0.00772. The average molecular weight is 406 g/mol. The van der Waals surface area contributed by atoms with Crippen LogP contribution in [0.3, 0.4) is 0 Å². The predicted octanol–water partition coefficient (Wildman–Crippen LogP) is 2.80. The molecule has 1 spiro atoms. The van der Waals surface area contributed by atoms with E-state index >= 15 is 0 Å². The number of nitrogens with zero attached hydrogens (tertiary/aromatic N) is 4. The Morgan fingerprint density at radius 1 is 1.23 bits per heavy atom. The Morgan fingerprint density at radius 2 is 2.10 bits per heavy atom. The Bertz CT molecular complexity index is 1090. The number of benzene rings is 1. The molecule has 30 heavy (non-hydrogen) atoms. The Labute approximate surface area is 173 Å². The summed E-state index contributed by atoms with van der Waals surface area (Å²) in [6.07, 6.45) is 3.69. The lowest BCUT2D eigenvalue weighted by atomic mass is 9.75. The van der Waals surface area contributed by atoms with E-state index in [1.54, 1.807) is 28.2 Å². The number of furan rings is 1. The highest BCUT2D eigenvalue weighted by Crippen LogP contribution is 2.46. The number of aromatic nitrogens is 2. The van der Waals surface area contributed by atoms with Crippen LogP contribution in [0, 0.1) is 0 Å². The number of fused-ring (bicyclic) bond motifs is 2. The second-order valence-corrected chi connectivity index (χ2v) is 7.87. The molecular formula is C22H22N4O4. The van der Waals surface area contributed by atoms with Gasteiger partial charge in [0, 0.05) is 38.7 Å². The molecule has 8 heteroatoms. The predicted molar refractivity (Wildman–Crippen MR) is 108 cm³/mol. The van der Waals surface area contributed by atoms with Crippen LogP contribution < -0.4 is 4.90 Å². The third-order valence-corrected chi connectivity index (χ3v) is 6.10. The van der Waals surface area contributed by atoms with Gasteiger partial charge in [0.2, 0.25) is 23.5 Å². The van der Waals surface area contributed by atoms with Gasteiger partial charge in [-0.2, -0.15) is 4.98 Å². The van der Waals surface area contributed by atoms with Crippen molar-refractivity contribution in [2.45, 2.75) is 31.1 Å². The largest absolute Gasteiger partial charge is 0.461 e. The summed E-state index contributed by atoms with van der Waals surface area (Å²) in [6, 6.07) is 11.4. The molecule has 2 aliphatic heterocycles. The van der Waals surface area contributed by atoms with E-state index in [9.17, 15) is 9.59 Å². The Kier molecular flexibility index (Phi) is 4.42. The highest BCUT2D eigenvalue weighted by Gasteiger charge is 2.52. The van der Waals surface area contributed by atoms with E-state index in [4.69, 9.17) is 8.94 Å². The van der Waals surface area contributed by atoms with E-state index in [0.717, 1.165) is 24.1 Å². The minimum atomic E-state index is -0.643. The van der Waals surface area contributed by atoms with E-state index in [2.05, 4.69) is 10.1 Å². The molecule has 1 unspecified atom stereocenters. The maximum absolute atomic E-state index is 13.1. The normalized spacial score (nSPS) is 20.8. The van der Waals surface area contributed by atoms with Crippen molar-refractivity contribution in [3.8, 4) is 11.6 Å². The molecule has 3 aromatic rings. The van der Waals surface area contributed by atoms with Crippen molar-refractivity contribution in [3.63, 3.8) is 0 Å². The topological polar surface area (TPSA) is 92.7 Å². The molecule has 0 radical (unpaired) electrons. The van der Waals surface area contributed by atoms with Crippen molar-refractivity contribution >= 4 is 17.5 Å². The number of hydrogen-bond donors (Lipinski definition) is 0. The molecule has 0 N–H and O–H groups in total. The van der Waals surface area contributed by atoms with Crippen molar-refractivity contribution in [1.29, 1.82) is 0 Å². The maximum atomic E-state index is 13.1. The van der Waals surface area contributed by atoms with Crippen LogP contribution in [0.5, 0.6) is 0 Å². The molecule has 1 atom stereocenters. The van der Waals surface area contributed by atoms with E-state index in [1.807, 2.05) is 31.3 Å². The molecule has 0 saturated carbocycles. The van der Waals surface area contributed by atoms with Gasteiger partial charge in [0.05, 0.1) is 11.7 Å². The zero-order valence-electron chi connectivity index (χ0n) is 16.7. The van der Waals surface area contributed by atoms with Gasteiger partial charge in [0.15, 0.2) is 5.76 Å². The summed E-state index contributed by atoms with van der Waals surface area (Å²) in [6.45, 7) is 1.06. The lowest BCUT2D eigenvalue weighted by Gasteiger charge is -2.39. The number of anilines is 1. The van der Waals surface area contributed by atoms with Crippen LogP contribution in [0.2, 0.25) is 0 Å². The first-order valence-corrected chi connectivity index (χ1v) is 10.1. The first-order chi connectivity index (χ1) is 14.6. The Hall–Kier alpha value is -3.42. The molecule has 1 aromatic carbocycles. The van der Waals surface area contributed by atoms with Crippen molar-refractivity contribution in [3.05, 3.63) is 54.1 Å². The highest BCUT2D eigenvalue weighted by molar-refractivity contribution is 6.08. The summed E-state index contributed by atoms with van der Waals surface area (Å²) in [7, 11) is 1.81. The zero-order valence-corrected chi connectivity index (χ0v) is 16.7. The van der Waals surface area contributed by atoms with Crippen molar-refractivity contribution in [2.24, 2.45) is 0 Å². The number of piperidine rings is 1. The molecule has 2 amide bonds. The Balaban J connectivity index is 1.29. The summed E-state index contributed by atoms with van der Waals surface area (Å²) < 4.78 is 10.5. The molecule has 2 aliphatic rings. The number of carbonyl (C=O) groups excluding carboxylic acids is 2. The van der Waals surface area contributed by atoms with Crippen LogP contribution in [0.15, 0.2) is 51.6 Å². The number of likely N-dealkylation sites (tertiary alicyclic amines) is 1. The van der Waals surface area contributed by atoms with Crippen molar-refractivity contribution < 1.29 is 18.5 Å². The number of likely N-dealkylation sites (N-methyl/N-ethyl adjacent to an activating group) is 1.